The summed E-state index contributed by atoms with van der Waals surface area (Å²) in [6.45, 7) is 0. The van der Waals surface area contributed by atoms with Crippen molar-refractivity contribution in [1.29, 1.82) is 0 Å². The summed E-state index contributed by atoms with van der Waals surface area (Å²) in [5.41, 5.74) is 0.915. The van der Waals surface area contributed by atoms with E-state index in [2.05, 4.69) is 15.3 Å². The zero-order valence-corrected chi connectivity index (χ0v) is 13.0. The molecule has 0 amide bonds. The quantitative estimate of drug-likeness (QED) is 0.721. The number of benzene rings is 1. The van der Waals surface area contributed by atoms with Gasteiger partial charge < -0.3 is 5.32 Å². The minimum atomic E-state index is -4.43. The fraction of sp³-hybridized carbons (Fsp3) is 0.125. The van der Waals surface area contributed by atoms with Gasteiger partial charge in [0.15, 0.2) is 5.13 Å². The minimum Gasteiger partial charge on any atom is -0.358 e. The molecule has 3 aromatic rings. The van der Waals surface area contributed by atoms with Gasteiger partial charge >= 0.3 is 6.18 Å². The number of anilines is 3. The van der Waals surface area contributed by atoms with E-state index in [9.17, 15) is 13.2 Å². The maximum Gasteiger partial charge on any atom is 0.416 e. The zero-order chi connectivity index (χ0) is 16.7. The molecule has 0 bridgehead atoms. The van der Waals surface area contributed by atoms with Gasteiger partial charge in [-0.05, 0) is 12.1 Å². The van der Waals surface area contributed by atoms with Crippen LogP contribution in [0.25, 0.3) is 0 Å². The first-order valence-electron chi connectivity index (χ1n) is 7.11. The van der Waals surface area contributed by atoms with E-state index in [1.165, 1.54) is 23.5 Å². The second-order valence-corrected chi connectivity index (χ2v) is 6.08. The molecule has 4 nitrogen and oxygen atoms in total. The van der Waals surface area contributed by atoms with E-state index < -0.39 is 17.9 Å². The number of halogens is 3. The topological polar surface area (TPSA) is 41.1 Å². The predicted molar refractivity (Wildman–Crippen MR) is 86.3 cm³/mol. The molecule has 1 N–H and O–H groups in total. The lowest BCUT2D eigenvalue weighted by Gasteiger charge is -2.27. The molecule has 1 atom stereocenters. The molecule has 1 unspecified atom stereocenters. The van der Waals surface area contributed by atoms with Crippen LogP contribution in [-0.4, -0.2) is 9.97 Å². The highest BCUT2D eigenvalue weighted by Gasteiger charge is 2.40. The predicted octanol–water partition coefficient (Wildman–Crippen LogP) is 4.82. The van der Waals surface area contributed by atoms with E-state index in [-0.39, 0.29) is 5.56 Å². The summed E-state index contributed by atoms with van der Waals surface area (Å²) in [5.74, 6) is 0. The molecule has 1 aromatic carbocycles. The second kappa shape index (κ2) is 5.48. The third-order valence-corrected chi connectivity index (χ3v) is 4.56. The molecular formula is C16H11F3N4S. The lowest BCUT2D eigenvalue weighted by atomic mass is 10.0. The molecule has 0 fully saturated rings. The van der Waals surface area contributed by atoms with Crippen LogP contribution in [0.1, 0.15) is 17.3 Å². The summed E-state index contributed by atoms with van der Waals surface area (Å²) >= 11 is 1.37. The fourth-order valence-electron chi connectivity index (χ4n) is 2.82. The van der Waals surface area contributed by atoms with E-state index in [1.54, 1.807) is 41.0 Å². The van der Waals surface area contributed by atoms with Crippen LogP contribution in [0.2, 0.25) is 0 Å². The summed E-state index contributed by atoms with van der Waals surface area (Å²) in [4.78, 5) is 10.1. The molecule has 0 spiro atoms. The normalized spacial score (nSPS) is 16.8. The van der Waals surface area contributed by atoms with E-state index in [0.717, 1.165) is 11.8 Å². The van der Waals surface area contributed by atoms with Crippen molar-refractivity contribution in [3.8, 4) is 0 Å². The van der Waals surface area contributed by atoms with Gasteiger partial charge in [0.2, 0.25) is 0 Å². The van der Waals surface area contributed by atoms with Crippen molar-refractivity contribution in [3.05, 3.63) is 65.4 Å². The van der Waals surface area contributed by atoms with Crippen LogP contribution in [0.4, 0.5) is 29.7 Å². The monoisotopic (exact) mass is 348 g/mol. The second-order valence-electron chi connectivity index (χ2n) is 5.21. The largest absolute Gasteiger partial charge is 0.416 e. The molecule has 24 heavy (non-hydrogen) atoms. The highest BCUT2D eigenvalue weighted by Crippen LogP contribution is 2.48. The van der Waals surface area contributed by atoms with E-state index in [1.807, 2.05) is 0 Å². The van der Waals surface area contributed by atoms with Crippen LogP contribution in [0.3, 0.4) is 0 Å². The average molecular weight is 348 g/mol. The number of pyridine rings is 1. The Morgan fingerprint density at radius 2 is 1.96 bits per heavy atom. The molecule has 0 saturated heterocycles. The van der Waals surface area contributed by atoms with Gasteiger partial charge in [0, 0.05) is 23.3 Å². The number of thiazole rings is 1. The smallest absolute Gasteiger partial charge is 0.358 e. The molecule has 0 radical (unpaired) electrons. The molecular weight excluding hydrogens is 337 g/mol. The van der Waals surface area contributed by atoms with Gasteiger partial charge in [0.05, 0.1) is 23.1 Å². The lowest BCUT2D eigenvalue weighted by molar-refractivity contribution is -0.138. The van der Waals surface area contributed by atoms with Crippen molar-refractivity contribution in [2.45, 2.75) is 12.3 Å². The van der Waals surface area contributed by atoms with Crippen molar-refractivity contribution in [2.24, 2.45) is 0 Å². The summed E-state index contributed by atoms with van der Waals surface area (Å²) in [5, 5.41) is 5.54. The Labute approximate surface area is 139 Å². The number of hydrogen-bond donors (Lipinski definition) is 1. The highest BCUT2D eigenvalue weighted by atomic mass is 32.1. The summed E-state index contributed by atoms with van der Waals surface area (Å²) in [6, 6.07) is 7.34. The first-order valence-corrected chi connectivity index (χ1v) is 7.99. The summed E-state index contributed by atoms with van der Waals surface area (Å²) in [7, 11) is 0. The number of nitrogens with one attached hydrogen (secondary N) is 1. The molecule has 1 aliphatic rings. The highest BCUT2D eigenvalue weighted by molar-refractivity contribution is 7.13. The molecule has 4 rings (SSSR count). The van der Waals surface area contributed by atoms with Crippen molar-refractivity contribution >= 4 is 27.8 Å². The van der Waals surface area contributed by atoms with Gasteiger partial charge in [-0.15, -0.1) is 11.3 Å². The van der Waals surface area contributed by atoms with Crippen molar-refractivity contribution in [3.63, 3.8) is 0 Å². The van der Waals surface area contributed by atoms with Crippen molar-refractivity contribution < 1.29 is 13.2 Å². The molecule has 122 valence electrons. The standard InChI is InChI=1S/C16H11F3N4S/c17-16(18,19)11-4-2-1-3-10(11)14-22-12-9-20-6-5-13(12)23(14)15-21-7-8-24-15/h1-9,14,22H. The Hall–Kier alpha value is -2.61. The average Bonchev–Trinajstić information content (AvgIpc) is 3.21. The Kier molecular flexibility index (Phi) is 3.42. The fourth-order valence-corrected chi connectivity index (χ4v) is 3.50. The summed E-state index contributed by atoms with van der Waals surface area (Å²) < 4.78 is 40.3. The van der Waals surface area contributed by atoms with E-state index >= 15 is 0 Å². The van der Waals surface area contributed by atoms with Crippen LogP contribution < -0.4 is 10.2 Å². The molecule has 0 saturated carbocycles. The zero-order valence-electron chi connectivity index (χ0n) is 12.2. The number of fused-ring (bicyclic) bond motifs is 1. The molecule has 0 aliphatic carbocycles. The molecule has 1 aliphatic heterocycles. The maximum absolute atomic E-state index is 13.4. The van der Waals surface area contributed by atoms with E-state index in [4.69, 9.17) is 0 Å². The summed E-state index contributed by atoms with van der Waals surface area (Å²) in [6.07, 6.45) is -0.287. The first kappa shape index (κ1) is 14.9. The van der Waals surface area contributed by atoms with Gasteiger partial charge in [0.1, 0.15) is 6.17 Å². The number of rotatable bonds is 2. The number of alkyl halides is 3. The van der Waals surface area contributed by atoms with Crippen LogP contribution in [0.15, 0.2) is 54.3 Å². The van der Waals surface area contributed by atoms with Crippen LogP contribution in [0.5, 0.6) is 0 Å². The Morgan fingerprint density at radius 1 is 1.12 bits per heavy atom. The van der Waals surface area contributed by atoms with Gasteiger partial charge in [-0.1, -0.05) is 18.2 Å². The molecule has 3 heterocycles. The Morgan fingerprint density at radius 3 is 2.71 bits per heavy atom. The Bertz CT molecular complexity index is 864. The maximum atomic E-state index is 13.4. The van der Waals surface area contributed by atoms with Crippen molar-refractivity contribution in [2.75, 3.05) is 10.2 Å². The number of nitrogens with zero attached hydrogens (tertiary/aromatic N) is 3. The van der Waals surface area contributed by atoms with Crippen LogP contribution >= 0.6 is 11.3 Å². The molecule has 8 heteroatoms. The van der Waals surface area contributed by atoms with Crippen molar-refractivity contribution in [1.82, 2.24) is 9.97 Å². The SMILES string of the molecule is FC(F)(F)c1ccccc1C1Nc2cnccc2N1c1nccs1. The van der Waals surface area contributed by atoms with Gasteiger partial charge in [-0.2, -0.15) is 13.2 Å². The Balaban J connectivity index is 1.88. The number of hydrogen-bond acceptors (Lipinski definition) is 5. The lowest BCUT2D eigenvalue weighted by Crippen LogP contribution is -2.26. The van der Waals surface area contributed by atoms with Gasteiger partial charge in [-0.25, -0.2) is 4.98 Å². The van der Waals surface area contributed by atoms with Crippen LogP contribution in [-0.2, 0) is 6.18 Å². The third-order valence-electron chi connectivity index (χ3n) is 3.79. The van der Waals surface area contributed by atoms with Gasteiger partial charge in [-0.3, -0.25) is 9.88 Å². The number of aromatic nitrogens is 2. The van der Waals surface area contributed by atoms with Crippen LogP contribution in [0, 0.1) is 0 Å². The third kappa shape index (κ3) is 2.39. The van der Waals surface area contributed by atoms with E-state index in [0.29, 0.717) is 10.8 Å². The minimum absolute atomic E-state index is 0.149. The molecule has 2 aromatic heterocycles. The first-order chi connectivity index (χ1) is 11.6. The van der Waals surface area contributed by atoms with Gasteiger partial charge in [0.25, 0.3) is 0 Å².